The van der Waals surface area contributed by atoms with Gasteiger partial charge < -0.3 is 0 Å². The van der Waals surface area contributed by atoms with Gasteiger partial charge in [0.2, 0.25) is 0 Å². The van der Waals surface area contributed by atoms with Crippen LogP contribution < -0.4 is 10.7 Å². The molecule has 0 spiro atoms. The second kappa shape index (κ2) is 8.48. The maximum absolute atomic E-state index is 3.00. The first-order chi connectivity index (χ1) is 10.4. The van der Waals surface area contributed by atoms with Crippen molar-refractivity contribution in [2.45, 2.75) is 0 Å². The molecule has 0 amide bonds. The van der Waals surface area contributed by atoms with Crippen LogP contribution in [0.4, 0.5) is 0 Å². The van der Waals surface area contributed by atoms with E-state index in [1.165, 1.54) is 0 Å². The van der Waals surface area contributed by atoms with E-state index in [-0.39, 0.29) is 0 Å². The van der Waals surface area contributed by atoms with Crippen LogP contribution in [0.5, 0.6) is 0 Å². The maximum atomic E-state index is 3.00. The standard InChI is InChI=1S/3C6H5.C2H4.Sn.H/c3*1-2-4-6-5-3-1;1-2;;/h3*1-5H;1-2H2;;. The van der Waals surface area contributed by atoms with E-state index in [2.05, 4.69) is 104 Å². The molecule has 0 saturated heterocycles. The first kappa shape index (κ1) is 15.6. The van der Waals surface area contributed by atoms with Gasteiger partial charge in [-0.05, 0) is 0 Å². The molecule has 0 aliphatic rings. The monoisotopic (exact) mass is 380 g/mol. The zero-order chi connectivity index (χ0) is 14.9. The molecule has 0 aliphatic carbocycles. The summed E-state index contributed by atoms with van der Waals surface area (Å²) in [7, 11) is 0. The van der Waals surface area contributed by atoms with Gasteiger partial charge in [0.1, 0.15) is 0 Å². The zero-order valence-corrected chi connectivity index (χ0v) is 15.4. The summed E-state index contributed by atoms with van der Waals surface area (Å²) in [4.78, 5) is 0. The molecule has 0 nitrogen and oxygen atoms in total. The van der Waals surface area contributed by atoms with Crippen LogP contribution in [0.25, 0.3) is 0 Å². The molecule has 0 heterocycles. The van der Waals surface area contributed by atoms with Crippen molar-refractivity contribution in [1.29, 1.82) is 0 Å². The Labute approximate surface area is 134 Å². The van der Waals surface area contributed by atoms with E-state index in [0.717, 1.165) is 0 Å². The van der Waals surface area contributed by atoms with E-state index in [4.69, 9.17) is 0 Å². The number of benzene rings is 3. The third-order valence-electron chi connectivity index (χ3n) is 3.40. The molecule has 3 aromatic carbocycles. The molecular weight excluding hydrogens is 359 g/mol. The Morgan fingerprint density at radius 2 is 0.667 bits per heavy atom. The Kier molecular flexibility index (Phi) is 6.29. The van der Waals surface area contributed by atoms with Crippen molar-refractivity contribution in [2.75, 3.05) is 0 Å². The molecular formula is C20H20Sn. The van der Waals surface area contributed by atoms with Gasteiger partial charge in [-0.2, -0.15) is 0 Å². The van der Waals surface area contributed by atoms with Crippen LogP contribution in [0.15, 0.2) is 104 Å². The topological polar surface area (TPSA) is 0 Å². The van der Waals surface area contributed by atoms with Crippen molar-refractivity contribution in [1.82, 2.24) is 0 Å². The van der Waals surface area contributed by atoms with Crippen molar-refractivity contribution in [2.24, 2.45) is 0 Å². The van der Waals surface area contributed by atoms with Crippen molar-refractivity contribution in [3.05, 3.63) is 104 Å². The molecule has 0 fully saturated rings. The minimum absolute atomic E-state index is 1.54. The van der Waals surface area contributed by atoms with Crippen molar-refractivity contribution < 1.29 is 0 Å². The molecule has 0 saturated carbocycles. The average molecular weight is 379 g/mol. The number of hydrogen-bond acceptors (Lipinski definition) is 0. The van der Waals surface area contributed by atoms with Gasteiger partial charge in [0.25, 0.3) is 0 Å². The van der Waals surface area contributed by atoms with Gasteiger partial charge in [-0.15, -0.1) is 13.2 Å². The molecule has 0 N–H and O–H groups in total. The molecule has 0 radical (unpaired) electrons. The fraction of sp³-hybridized carbons (Fsp3) is 0. The van der Waals surface area contributed by atoms with Crippen LogP contribution >= 0.6 is 0 Å². The third kappa shape index (κ3) is 4.08. The molecule has 21 heavy (non-hydrogen) atoms. The molecule has 3 aromatic rings. The van der Waals surface area contributed by atoms with E-state index >= 15 is 0 Å². The SMILES string of the molecule is C=C.c1cc[c]([SnH]([c]2ccccc2)[c]2ccccc2)cc1. The molecule has 0 aromatic heterocycles. The van der Waals surface area contributed by atoms with Crippen LogP contribution in [0.3, 0.4) is 0 Å². The summed E-state index contributed by atoms with van der Waals surface area (Å²) in [5, 5.41) is 0. The first-order valence-electron chi connectivity index (χ1n) is 7.10. The quantitative estimate of drug-likeness (QED) is 0.485. The molecule has 0 aliphatic heterocycles. The van der Waals surface area contributed by atoms with E-state index in [1.54, 1.807) is 10.7 Å². The van der Waals surface area contributed by atoms with Crippen molar-refractivity contribution >= 4 is 30.5 Å². The fourth-order valence-electron chi connectivity index (χ4n) is 2.51. The van der Waals surface area contributed by atoms with Gasteiger partial charge in [-0.1, -0.05) is 0 Å². The summed E-state index contributed by atoms with van der Waals surface area (Å²) in [5.74, 6) is 0. The minimum atomic E-state index is -2.14. The summed E-state index contributed by atoms with van der Waals surface area (Å²) < 4.78 is 4.63. The molecule has 3 rings (SSSR count). The molecule has 0 bridgehead atoms. The summed E-state index contributed by atoms with van der Waals surface area (Å²) >= 11 is -2.14. The Bertz CT molecular complexity index is 539. The Morgan fingerprint density at radius 3 is 0.905 bits per heavy atom. The zero-order valence-electron chi connectivity index (χ0n) is 12.2. The second-order valence-electron chi connectivity index (χ2n) is 4.67. The van der Waals surface area contributed by atoms with Crippen LogP contribution in [0.2, 0.25) is 0 Å². The normalized spacial score (nSPS) is 9.76. The van der Waals surface area contributed by atoms with Crippen LogP contribution in [0.1, 0.15) is 0 Å². The molecule has 0 atom stereocenters. The molecule has 0 unspecified atom stereocenters. The Morgan fingerprint density at radius 1 is 0.429 bits per heavy atom. The fourth-order valence-corrected chi connectivity index (χ4v) is 11.0. The van der Waals surface area contributed by atoms with Crippen LogP contribution in [-0.2, 0) is 0 Å². The van der Waals surface area contributed by atoms with E-state index in [0.29, 0.717) is 0 Å². The average Bonchev–Trinajstić information content (AvgIpc) is 2.60. The van der Waals surface area contributed by atoms with Crippen molar-refractivity contribution in [3.8, 4) is 0 Å². The first-order valence-corrected chi connectivity index (χ1v) is 12.0. The summed E-state index contributed by atoms with van der Waals surface area (Å²) in [6, 6.07) is 33.0. The predicted octanol–water partition coefficient (Wildman–Crippen LogP) is 2.74. The van der Waals surface area contributed by atoms with Gasteiger partial charge in [0.15, 0.2) is 0 Å². The van der Waals surface area contributed by atoms with E-state index in [1.807, 2.05) is 0 Å². The molecule has 1 heteroatoms. The molecule has 104 valence electrons. The van der Waals surface area contributed by atoms with Gasteiger partial charge in [-0.25, -0.2) is 0 Å². The Hall–Kier alpha value is -1.80. The van der Waals surface area contributed by atoms with Gasteiger partial charge >= 0.3 is 121 Å². The van der Waals surface area contributed by atoms with Crippen molar-refractivity contribution in [3.63, 3.8) is 0 Å². The third-order valence-corrected chi connectivity index (χ3v) is 12.4. The Balaban J connectivity index is 0.000000774. The van der Waals surface area contributed by atoms with Gasteiger partial charge in [0, 0.05) is 0 Å². The number of hydrogen-bond donors (Lipinski definition) is 0. The van der Waals surface area contributed by atoms with E-state index in [9.17, 15) is 0 Å². The van der Waals surface area contributed by atoms with Gasteiger partial charge in [0.05, 0.1) is 0 Å². The summed E-state index contributed by atoms with van der Waals surface area (Å²) in [6.45, 7) is 6.00. The number of rotatable bonds is 3. The van der Waals surface area contributed by atoms with E-state index < -0.39 is 19.8 Å². The summed E-state index contributed by atoms with van der Waals surface area (Å²) in [5.41, 5.74) is 0. The van der Waals surface area contributed by atoms with Crippen LogP contribution in [0, 0.1) is 0 Å². The van der Waals surface area contributed by atoms with Gasteiger partial charge in [-0.3, -0.25) is 0 Å². The predicted molar refractivity (Wildman–Crippen MR) is 96.6 cm³/mol. The summed E-state index contributed by atoms with van der Waals surface area (Å²) in [6.07, 6.45) is 0. The van der Waals surface area contributed by atoms with Crippen LogP contribution in [-0.4, -0.2) is 19.8 Å². The second-order valence-corrected chi connectivity index (χ2v) is 12.8.